The average Bonchev–Trinajstić information content (AvgIpc) is 3.21. The first-order valence-electron chi connectivity index (χ1n) is 7.02. The van der Waals surface area contributed by atoms with Gasteiger partial charge in [-0.25, -0.2) is 4.98 Å². The quantitative estimate of drug-likeness (QED) is 0.567. The summed E-state index contributed by atoms with van der Waals surface area (Å²) in [4.78, 5) is 4.49. The molecule has 24 heavy (non-hydrogen) atoms. The van der Waals surface area contributed by atoms with Crippen molar-refractivity contribution in [2.75, 3.05) is 12.4 Å². The van der Waals surface area contributed by atoms with E-state index in [1.54, 1.807) is 19.2 Å². The molecule has 0 amide bonds. The van der Waals surface area contributed by atoms with Gasteiger partial charge in [-0.2, -0.15) is 0 Å². The van der Waals surface area contributed by atoms with E-state index in [4.69, 9.17) is 20.8 Å². The lowest BCUT2D eigenvalue weighted by molar-refractivity contribution is 0.415. The van der Waals surface area contributed by atoms with Gasteiger partial charge in [0.1, 0.15) is 5.75 Å². The van der Waals surface area contributed by atoms with E-state index in [1.807, 2.05) is 30.3 Å². The van der Waals surface area contributed by atoms with Crippen molar-refractivity contribution in [2.45, 2.75) is 0 Å². The summed E-state index contributed by atoms with van der Waals surface area (Å²) in [6.07, 6.45) is 0. The molecule has 0 saturated heterocycles. The summed E-state index contributed by atoms with van der Waals surface area (Å²) < 4.78 is 11.9. The summed E-state index contributed by atoms with van der Waals surface area (Å²) in [5, 5.41) is 12.4. The minimum absolute atomic E-state index is 0.283. The van der Waals surface area contributed by atoms with Gasteiger partial charge < -0.3 is 9.15 Å². The Labute approximate surface area is 146 Å². The SMILES string of the molecule is COc1ccc2sc(Nc3nnc(-c4ccc(Cl)cc4)o3)nc2c1. The Morgan fingerprint density at radius 1 is 1.12 bits per heavy atom. The Kier molecular flexibility index (Phi) is 3.79. The zero-order chi connectivity index (χ0) is 16.5. The predicted molar refractivity (Wildman–Crippen MR) is 94.2 cm³/mol. The van der Waals surface area contributed by atoms with Gasteiger partial charge >= 0.3 is 6.01 Å². The molecule has 4 rings (SSSR count). The molecule has 8 heteroatoms. The molecule has 0 radical (unpaired) electrons. The molecule has 0 atom stereocenters. The molecule has 2 heterocycles. The third-order valence-corrected chi connectivity index (χ3v) is 4.53. The van der Waals surface area contributed by atoms with Crippen LogP contribution in [0.2, 0.25) is 5.02 Å². The van der Waals surface area contributed by atoms with Gasteiger partial charge in [-0.3, -0.25) is 5.32 Å². The second-order valence-electron chi connectivity index (χ2n) is 4.90. The fourth-order valence-corrected chi connectivity index (χ4v) is 3.12. The zero-order valence-electron chi connectivity index (χ0n) is 12.5. The van der Waals surface area contributed by atoms with E-state index in [-0.39, 0.29) is 6.01 Å². The number of hydrogen-bond donors (Lipinski definition) is 1. The number of nitrogens with zero attached hydrogens (tertiary/aromatic N) is 3. The molecule has 0 unspecified atom stereocenters. The molecule has 4 aromatic rings. The summed E-state index contributed by atoms with van der Waals surface area (Å²) >= 11 is 7.37. The van der Waals surface area contributed by atoms with Gasteiger partial charge in [-0.05, 0) is 36.4 Å². The highest BCUT2D eigenvalue weighted by atomic mass is 35.5. The molecule has 0 saturated carbocycles. The average molecular weight is 359 g/mol. The van der Waals surface area contributed by atoms with E-state index < -0.39 is 0 Å². The van der Waals surface area contributed by atoms with Crippen LogP contribution in [0.15, 0.2) is 46.9 Å². The zero-order valence-corrected chi connectivity index (χ0v) is 14.1. The standard InChI is InChI=1S/C16H11ClN4O2S/c1-22-11-6-7-13-12(8-11)18-16(24-13)19-15-21-20-14(23-15)9-2-4-10(17)5-3-9/h2-8H,1H3,(H,18,19,21). The molecule has 0 spiro atoms. The number of ether oxygens (including phenoxy) is 1. The van der Waals surface area contributed by atoms with Crippen molar-refractivity contribution in [3.63, 3.8) is 0 Å². The fraction of sp³-hybridized carbons (Fsp3) is 0.0625. The molecule has 0 fully saturated rings. The number of aromatic nitrogens is 3. The summed E-state index contributed by atoms with van der Waals surface area (Å²) in [6.45, 7) is 0. The van der Waals surface area contributed by atoms with Crippen LogP contribution in [0.1, 0.15) is 0 Å². The monoisotopic (exact) mass is 358 g/mol. The van der Waals surface area contributed by atoms with Crippen LogP contribution in [-0.4, -0.2) is 22.3 Å². The van der Waals surface area contributed by atoms with Crippen LogP contribution in [0.5, 0.6) is 5.75 Å². The Balaban J connectivity index is 1.58. The molecule has 120 valence electrons. The van der Waals surface area contributed by atoms with Crippen molar-refractivity contribution in [1.29, 1.82) is 0 Å². The first-order valence-corrected chi connectivity index (χ1v) is 8.22. The van der Waals surface area contributed by atoms with E-state index >= 15 is 0 Å². The summed E-state index contributed by atoms with van der Waals surface area (Å²) in [5.74, 6) is 1.18. The van der Waals surface area contributed by atoms with Crippen LogP contribution in [-0.2, 0) is 0 Å². The Morgan fingerprint density at radius 2 is 1.96 bits per heavy atom. The lowest BCUT2D eigenvalue weighted by Crippen LogP contribution is -1.88. The molecule has 0 aliphatic rings. The van der Waals surface area contributed by atoms with E-state index in [0.29, 0.717) is 16.0 Å². The normalized spacial score (nSPS) is 10.9. The van der Waals surface area contributed by atoms with E-state index in [2.05, 4.69) is 20.5 Å². The Morgan fingerprint density at radius 3 is 2.75 bits per heavy atom. The Bertz CT molecular complexity index is 997. The number of methoxy groups -OCH3 is 1. The maximum Gasteiger partial charge on any atom is 0.322 e. The van der Waals surface area contributed by atoms with Gasteiger partial charge in [0.2, 0.25) is 5.89 Å². The second-order valence-corrected chi connectivity index (χ2v) is 6.36. The highest BCUT2D eigenvalue weighted by Gasteiger charge is 2.11. The summed E-state index contributed by atoms with van der Waals surface area (Å²) in [5.41, 5.74) is 1.65. The lowest BCUT2D eigenvalue weighted by atomic mass is 10.2. The van der Waals surface area contributed by atoms with Crippen molar-refractivity contribution in [3.05, 3.63) is 47.5 Å². The van der Waals surface area contributed by atoms with Crippen molar-refractivity contribution >= 4 is 44.3 Å². The molecule has 2 aromatic carbocycles. The number of halogens is 1. The molecule has 2 aromatic heterocycles. The van der Waals surface area contributed by atoms with Gasteiger partial charge in [-0.15, -0.1) is 5.10 Å². The lowest BCUT2D eigenvalue weighted by Gasteiger charge is -1.96. The van der Waals surface area contributed by atoms with Crippen LogP contribution in [0.3, 0.4) is 0 Å². The number of fused-ring (bicyclic) bond motifs is 1. The third kappa shape index (κ3) is 2.91. The molecular formula is C16H11ClN4O2S. The minimum atomic E-state index is 0.283. The van der Waals surface area contributed by atoms with Crippen molar-refractivity contribution in [2.24, 2.45) is 0 Å². The van der Waals surface area contributed by atoms with Gasteiger partial charge in [0, 0.05) is 16.7 Å². The molecule has 0 aliphatic carbocycles. The fourth-order valence-electron chi connectivity index (χ4n) is 2.16. The summed E-state index contributed by atoms with van der Waals surface area (Å²) in [6, 6.07) is 13.2. The second kappa shape index (κ2) is 6.10. The summed E-state index contributed by atoms with van der Waals surface area (Å²) in [7, 11) is 1.63. The highest BCUT2D eigenvalue weighted by Crippen LogP contribution is 2.31. The molecule has 0 bridgehead atoms. The first-order chi connectivity index (χ1) is 11.7. The Hall–Kier alpha value is -2.64. The smallest absolute Gasteiger partial charge is 0.322 e. The van der Waals surface area contributed by atoms with Crippen LogP contribution in [0, 0.1) is 0 Å². The number of benzene rings is 2. The van der Waals surface area contributed by atoms with Crippen molar-refractivity contribution in [3.8, 4) is 17.2 Å². The van der Waals surface area contributed by atoms with Gasteiger partial charge in [0.25, 0.3) is 0 Å². The number of rotatable bonds is 4. The molecule has 6 nitrogen and oxygen atoms in total. The number of anilines is 2. The van der Waals surface area contributed by atoms with Gasteiger partial charge in [-0.1, -0.05) is 28.0 Å². The largest absolute Gasteiger partial charge is 0.497 e. The predicted octanol–water partition coefficient (Wildman–Crippen LogP) is 4.75. The van der Waals surface area contributed by atoms with Crippen LogP contribution >= 0.6 is 22.9 Å². The number of thiazole rings is 1. The van der Waals surface area contributed by atoms with Crippen molar-refractivity contribution < 1.29 is 9.15 Å². The topological polar surface area (TPSA) is 73.1 Å². The van der Waals surface area contributed by atoms with E-state index in [9.17, 15) is 0 Å². The maximum atomic E-state index is 5.88. The van der Waals surface area contributed by atoms with Crippen LogP contribution in [0.25, 0.3) is 21.7 Å². The van der Waals surface area contributed by atoms with Gasteiger partial charge in [0.15, 0.2) is 5.13 Å². The number of hydrogen-bond acceptors (Lipinski definition) is 7. The highest BCUT2D eigenvalue weighted by molar-refractivity contribution is 7.22. The molecule has 0 aliphatic heterocycles. The maximum absolute atomic E-state index is 5.88. The number of nitrogens with one attached hydrogen (secondary N) is 1. The minimum Gasteiger partial charge on any atom is -0.497 e. The van der Waals surface area contributed by atoms with Crippen LogP contribution in [0.4, 0.5) is 11.1 Å². The van der Waals surface area contributed by atoms with Gasteiger partial charge in [0.05, 0.1) is 17.3 Å². The third-order valence-electron chi connectivity index (χ3n) is 3.32. The van der Waals surface area contributed by atoms with Crippen LogP contribution < -0.4 is 10.1 Å². The van der Waals surface area contributed by atoms with Crippen molar-refractivity contribution in [1.82, 2.24) is 15.2 Å². The van der Waals surface area contributed by atoms with E-state index in [0.717, 1.165) is 21.5 Å². The van der Waals surface area contributed by atoms with E-state index in [1.165, 1.54) is 11.3 Å². The first kappa shape index (κ1) is 14.9. The molecule has 1 N–H and O–H groups in total. The molecular weight excluding hydrogens is 348 g/mol.